The van der Waals surface area contributed by atoms with Crippen molar-refractivity contribution in [3.63, 3.8) is 0 Å². The predicted octanol–water partition coefficient (Wildman–Crippen LogP) is 13.4. The Morgan fingerprint density at radius 2 is 1.23 bits per heavy atom. The Bertz CT molecular complexity index is 2830. The number of aromatic nitrogens is 2. The molecule has 6 aromatic carbocycles. The first kappa shape index (κ1) is 40.9. The Labute approximate surface area is 369 Å². The standard InChI is InChI=1S/C54H49N4O.Pt/c1-52(2,3)40-21-16-22-42(33-40)56-31-32-57(37-56)43-25-28-47(54(6,7)39-19-12-9-13-20-39)50(35-43)59-44-26-27-46-45-23-14-15-24-48(45)58(49(46)36-44)51-34-41(29-30-55-51)53(4,5)38-17-10-8-11-18-38;/h8-34,37H,1-7H3;/q-3;. The second kappa shape index (κ2) is 15.9. The quantitative estimate of drug-likeness (QED) is 0.135. The summed E-state index contributed by atoms with van der Waals surface area (Å²) in [5, 5.41) is 2.21. The Morgan fingerprint density at radius 3 is 1.97 bits per heavy atom. The van der Waals surface area contributed by atoms with Crippen LogP contribution < -0.4 is 14.5 Å². The van der Waals surface area contributed by atoms with Crippen LogP contribution in [0.2, 0.25) is 0 Å². The van der Waals surface area contributed by atoms with Crippen LogP contribution in [-0.2, 0) is 37.3 Å². The fourth-order valence-electron chi connectivity index (χ4n) is 8.21. The van der Waals surface area contributed by atoms with E-state index in [-0.39, 0.29) is 37.3 Å². The molecule has 0 radical (unpaired) electrons. The van der Waals surface area contributed by atoms with Crippen LogP contribution in [0.4, 0.5) is 11.4 Å². The predicted molar refractivity (Wildman–Crippen MR) is 243 cm³/mol. The molecule has 0 fully saturated rings. The second-order valence-corrected chi connectivity index (χ2v) is 17.5. The first-order valence-corrected chi connectivity index (χ1v) is 20.4. The van der Waals surface area contributed by atoms with Gasteiger partial charge in [-0.3, -0.25) is 0 Å². The minimum absolute atomic E-state index is 0. The maximum atomic E-state index is 6.99. The van der Waals surface area contributed by atoms with E-state index in [0.717, 1.165) is 44.6 Å². The molecule has 1 aliphatic rings. The number of nitrogens with zero attached hydrogens (tertiary/aromatic N) is 4. The van der Waals surface area contributed by atoms with Crippen LogP contribution in [0.3, 0.4) is 0 Å². The molecule has 0 amide bonds. The number of para-hydroxylation sites is 1. The zero-order chi connectivity index (χ0) is 40.9. The first-order valence-electron chi connectivity index (χ1n) is 20.4. The summed E-state index contributed by atoms with van der Waals surface area (Å²) in [6, 6.07) is 58.7. The van der Waals surface area contributed by atoms with Crippen LogP contribution in [0, 0.1) is 18.8 Å². The number of rotatable bonds is 9. The largest absolute Gasteiger partial charge is 0.509 e. The SMILES string of the molecule is CC(C)(C)c1cccc(N2C=CN(c3[c-]c(Oc4[c-]c5c(cc4)c4ccccc4n5-c4cc(C(C)(C)c5ccccc5)ccn4)c(C(C)(C)c4ccccc4)cc3)[CH-]2)c1.[Pt]. The summed E-state index contributed by atoms with van der Waals surface area (Å²) in [5.41, 5.74) is 9.31. The molecule has 0 saturated carbocycles. The van der Waals surface area contributed by atoms with Gasteiger partial charge in [-0.2, -0.15) is 12.1 Å². The van der Waals surface area contributed by atoms with E-state index in [9.17, 15) is 0 Å². The third-order valence-electron chi connectivity index (χ3n) is 11.9. The Balaban J connectivity index is 0.00000499. The second-order valence-electron chi connectivity index (χ2n) is 17.5. The molecular weight excluding hydrogens is 916 g/mol. The van der Waals surface area contributed by atoms with Gasteiger partial charge in [0.15, 0.2) is 0 Å². The monoisotopic (exact) mass is 964 g/mol. The van der Waals surface area contributed by atoms with E-state index in [4.69, 9.17) is 9.72 Å². The molecule has 304 valence electrons. The van der Waals surface area contributed by atoms with Crippen LogP contribution >= 0.6 is 0 Å². The average Bonchev–Trinajstić information content (AvgIpc) is 3.88. The average molecular weight is 965 g/mol. The summed E-state index contributed by atoms with van der Waals surface area (Å²) in [6.45, 7) is 17.8. The normalized spacial score (nSPS) is 13.2. The van der Waals surface area contributed by atoms with Crippen molar-refractivity contribution >= 4 is 33.2 Å². The summed E-state index contributed by atoms with van der Waals surface area (Å²) in [4.78, 5) is 9.20. The van der Waals surface area contributed by atoms with Crippen molar-refractivity contribution in [2.45, 2.75) is 64.7 Å². The number of fused-ring (bicyclic) bond motifs is 3. The molecule has 0 atom stereocenters. The third-order valence-corrected chi connectivity index (χ3v) is 11.9. The van der Waals surface area contributed by atoms with Gasteiger partial charge in [-0.1, -0.05) is 145 Å². The molecule has 0 N–H and O–H groups in total. The molecule has 0 bridgehead atoms. The molecular formula is C54H49N4OPt-3. The van der Waals surface area contributed by atoms with Gasteiger partial charge in [0.2, 0.25) is 0 Å². The number of anilines is 2. The molecule has 0 unspecified atom stereocenters. The number of hydrogen-bond acceptors (Lipinski definition) is 4. The topological polar surface area (TPSA) is 33.5 Å². The molecule has 0 aliphatic carbocycles. The van der Waals surface area contributed by atoms with Crippen LogP contribution in [0.5, 0.6) is 11.5 Å². The van der Waals surface area contributed by atoms with Gasteiger partial charge in [-0.25, -0.2) is 4.98 Å². The van der Waals surface area contributed by atoms with Gasteiger partial charge in [0.25, 0.3) is 0 Å². The first-order chi connectivity index (χ1) is 28.4. The molecule has 5 nitrogen and oxygen atoms in total. The fourth-order valence-corrected chi connectivity index (χ4v) is 8.21. The van der Waals surface area contributed by atoms with Crippen LogP contribution in [0.25, 0.3) is 27.6 Å². The Morgan fingerprint density at radius 1 is 0.567 bits per heavy atom. The molecule has 0 saturated heterocycles. The van der Waals surface area contributed by atoms with E-state index < -0.39 is 0 Å². The van der Waals surface area contributed by atoms with Gasteiger partial charge < -0.3 is 19.1 Å². The smallest absolute Gasteiger partial charge is 0.135 e. The van der Waals surface area contributed by atoms with Gasteiger partial charge in [0.1, 0.15) is 5.82 Å². The van der Waals surface area contributed by atoms with Crippen molar-refractivity contribution in [1.82, 2.24) is 9.55 Å². The third kappa shape index (κ3) is 7.56. The van der Waals surface area contributed by atoms with E-state index >= 15 is 0 Å². The number of benzene rings is 6. The summed E-state index contributed by atoms with van der Waals surface area (Å²) >= 11 is 0. The van der Waals surface area contributed by atoms with Crippen LogP contribution in [0.15, 0.2) is 164 Å². The molecule has 6 heteroatoms. The number of ether oxygens (including phenoxy) is 1. The molecule has 1 aliphatic heterocycles. The Hall–Kier alpha value is -5.90. The van der Waals surface area contributed by atoms with Crippen LogP contribution in [-0.4, -0.2) is 9.55 Å². The minimum atomic E-state index is -0.384. The van der Waals surface area contributed by atoms with Crippen molar-refractivity contribution in [3.05, 3.63) is 211 Å². The number of hydrogen-bond donors (Lipinski definition) is 0. The maximum absolute atomic E-state index is 6.99. The van der Waals surface area contributed by atoms with Crippen molar-refractivity contribution in [3.8, 4) is 17.3 Å². The Kier molecular flexibility index (Phi) is 10.9. The molecule has 8 aromatic rings. The van der Waals surface area contributed by atoms with E-state index in [1.54, 1.807) is 0 Å². The van der Waals surface area contributed by atoms with Gasteiger partial charge in [-0.05, 0) is 81.2 Å². The summed E-state index contributed by atoms with van der Waals surface area (Å²) in [7, 11) is 0. The summed E-state index contributed by atoms with van der Waals surface area (Å²) < 4.78 is 9.20. The van der Waals surface area contributed by atoms with Crippen molar-refractivity contribution in [2.24, 2.45) is 0 Å². The van der Waals surface area contributed by atoms with Crippen molar-refractivity contribution in [2.75, 3.05) is 9.80 Å². The minimum Gasteiger partial charge on any atom is -0.509 e. The fraction of sp³-hybridized carbons (Fsp3) is 0.185. The molecule has 60 heavy (non-hydrogen) atoms. The zero-order valence-corrected chi connectivity index (χ0v) is 37.5. The van der Waals surface area contributed by atoms with Crippen molar-refractivity contribution in [1.29, 1.82) is 0 Å². The summed E-state index contributed by atoms with van der Waals surface area (Å²) in [5.74, 6) is 2.08. The van der Waals surface area contributed by atoms with E-state index in [2.05, 4.69) is 234 Å². The van der Waals surface area contributed by atoms with Gasteiger partial charge in [-0.15, -0.1) is 47.6 Å². The van der Waals surface area contributed by atoms with E-state index in [0.29, 0.717) is 11.5 Å². The molecule has 2 aromatic heterocycles. The maximum Gasteiger partial charge on any atom is 0.135 e. The van der Waals surface area contributed by atoms with E-state index in [1.165, 1.54) is 22.3 Å². The van der Waals surface area contributed by atoms with Crippen molar-refractivity contribution < 1.29 is 25.8 Å². The molecule has 9 rings (SSSR count). The molecule has 3 heterocycles. The van der Waals surface area contributed by atoms with Gasteiger partial charge in [0, 0.05) is 55.4 Å². The van der Waals surface area contributed by atoms with Crippen LogP contribution in [0.1, 0.15) is 76.3 Å². The van der Waals surface area contributed by atoms with Gasteiger partial charge in [0.05, 0.1) is 0 Å². The van der Waals surface area contributed by atoms with E-state index in [1.807, 2.05) is 12.3 Å². The zero-order valence-electron chi connectivity index (χ0n) is 35.2. The summed E-state index contributed by atoms with van der Waals surface area (Å²) in [6.07, 6.45) is 6.07. The number of pyridine rings is 1. The molecule has 0 spiro atoms. The van der Waals surface area contributed by atoms with Gasteiger partial charge >= 0.3 is 0 Å².